The lowest BCUT2D eigenvalue weighted by Gasteiger charge is -2.14. The summed E-state index contributed by atoms with van der Waals surface area (Å²) in [6.07, 6.45) is 2.60. The lowest BCUT2D eigenvalue weighted by atomic mass is 9.99. The highest BCUT2D eigenvalue weighted by atomic mass is 35.5. The van der Waals surface area contributed by atoms with Crippen molar-refractivity contribution in [2.45, 2.75) is 31.1 Å². The maximum absolute atomic E-state index is 13.0. The predicted octanol–water partition coefficient (Wildman–Crippen LogP) is 4.78. The third kappa shape index (κ3) is 3.88. The standard InChI is InChI=1S/C21H20ClN5O2S/c1-3-14(2)15-6-9-17(10-7-15)30(28,29)25-18-11-8-16(22)13-20(18)27-19-5-4-12-23-21(19)24-26-27/h4-14,25H,3H2,1-2H3. The van der Waals surface area contributed by atoms with Crippen LogP contribution in [0, 0.1) is 0 Å². The van der Waals surface area contributed by atoms with Crippen molar-refractivity contribution < 1.29 is 8.42 Å². The molecule has 9 heteroatoms. The Labute approximate surface area is 179 Å². The maximum atomic E-state index is 13.0. The van der Waals surface area contributed by atoms with E-state index in [-0.39, 0.29) is 4.90 Å². The molecule has 4 aromatic rings. The molecule has 0 aliphatic carbocycles. The zero-order valence-electron chi connectivity index (χ0n) is 16.4. The van der Waals surface area contributed by atoms with Crippen molar-refractivity contribution >= 4 is 38.5 Å². The fraction of sp³-hybridized carbons (Fsp3) is 0.190. The molecule has 0 radical (unpaired) electrons. The van der Waals surface area contributed by atoms with Gasteiger partial charge in [-0.25, -0.2) is 18.1 Å². The first-order valence-electron chi connectivity index (χ1n) is 9.48. The van der Waals surface area contributed by atoms with Gasteiger partial charge >= 0.3 is 0 Å². The topological polar surface area (TPSA) is 89.8 Å². The van der Waals surface area contributed by atoms with Crippen LogP contribution in [0.4, 0.5) is 5.69 Å². The van der Waals surface area contributed by atoms with Crippen LogP contribution in [0.1, 0.15) is 31.7 Å². The molecule has 1 atom stereocenters. The number of rotatable bonds is 6. The minimum Gasteiger partial charge on any atom is -0.277 e. The van der Waals surface area contributed by atoms with Gasteiger partial charge in [0.25, 0.3) is 10.0 Å². The molecule has 0 aliphatic rings. The molecule has 2 aromatic heterocycles. The van der Waals surface area contributed by atoms with E-state index < -0.39 is 10.0 Å². The number of pyridine rings is 1. The van der Waals surface area contributed by atoms with Gasteiger partial charge < -0.3 is 0 Å². The summed E-state index contributed by atoms with van der Waals surface area (Å²) >= 11 is 6.18. The summed E-state index contributed by atoms with van der Waals surface area (Å²) in [6, 6.07) is 15.3. The van der Waals surface area contributed by atoms with Crippen LogP contribution in [-0.4, -0.2) is 28.4 Å². The van der Waals surface area contributed by atoms with Crippen molar-refractivity contribution in [3.8, 4) is 5.69 Å². The Morgan fingerprint density at radius 2 is 1.90 bits per heavy atom. The fourth-order valence-corrected chi connectivity index (χ4v) is 4.37. The summed E-state index contributed by atoms with van der Waals surface area (Å²) in [5, 5.41) is 8.60. The SMILES string of the molecule is CCC(C)c1ccc(S(=O)(=O)Nc2ccc(Cl)cc2-n2nnc3ncccc32)cc1. The molecule has 30 heavy (non-hydrogen) atoms. The first-order valence-corrected chi connectivity index (χ1v) is 11.3. The van der Waals surface area contributed by atoms with Crippen molar-refractivity contribution in [2.24, 2.45) is 0 Å². The average Bonchev–Trinajstić information content (AvgIpc) is 3.18. The molecule has 0 amide bonds. The number of fused-ring (bicyclic) bond motifs is 1. The predicted molar refractivity (Wildman–Crippen MR) is 118 cm³/mol. The van der Waals surface area contributed by atoms with Gasteiger partial charge in [-0.2, -0.15) is 0 Å². The van der Waals surface area contributed by atoms with E-state index in [2.05, 4.69) is 33.9 Å². The molecule has 4 rings (SSSR count). The van der Waals surface area contributed by atoms with Gasteiger partial charge in [-0.05, 0) is 60.4 Å². The summed E-state index contributed by atoms with van der Waals surface area (Å²) in [6.45, 7) is 4.21. The average molecular weight is 442 g/mol. The zero-order chi connectivity index (χ0) is 21.3. The van der Waals surface area contributed by atoms with E-state index in [1.54, 1.807) is 48.7 Å². The monoisotopic (exact) mass is 441 g/mol. The summed E-state index contributed by atoms with van der Waals surface area (Å²) in [4.78, 5) is 4.35. The van der Waals surface area contributed by atoms with Gasteiger partial charge in [0, 0.05) is 11.2 Å². The number of nitrogens with one attached hydrogen (secondary N) is 1. The molecule has 0 spiro atoms. The highest BCUT2D eigenvalue weighted by molar-refractivity contribution is 7.92. The van der Waals surface area contributed by atoms with Gasteiger partial charge in [0.2, 0.25) is 5.65 Å². The first-order chi connectivity index (χ1) is 14.4. The molecule has 0 saturated carbocycles. The second-order valence-corrected chi connectivity index (χ2v) is 9.11. The van der Waals surface area contributed by atoms with E-state index in [9.17, 15) is 8.42 Å². The fourth-order valence-electron chi connectivity index (χ4n) is 3.13. The maximum Gasteiger partial charge on any atom is 0.261 e. The molecule has 0 bridgehead atoms. The van der Waals surface area contributed by atoms with E-state index in [1.165, 1.54) is 4.68 Å². The largest absolute Gasteiger partial charge is 0.277 e. The smallest absolute Gasteiger partial charge is 0.261 e. The Balaban J connectivity index is 1.73. The van der Waals surface area contributed by atoms with Gasteiger partial charge in [0.1, 0.15) is 5.52 Å². The molecule has 0 saturated heterocycles. The first kappa shape index (κ1) is 20.3. The molecule has 0 aliphatic heterocycles. The number of aromatic nitrogens is 4. The number of halogens is 1. The van der Waals surface area contributed by atoms with Crippen LogP contribution < -0.4 is 4.72 Å². The normalized spacial score (nSPS) is 12.8. The second-order valence-electron chi connectivity index (χ2n) is 6.99. The Bertz CT molecular complexity index is 1300. The van der Waals surface area contributed by atoms with E-state index in [0.29, 0.717) is 33.5 Å². The number of hydrogen-bond donors (Lipinski definition) is 1. The van der Waals surface area contributed by atoms with Gasteiger partial charge in [-0.1, -0.05) is 42.8 Å². The third-order valence-electron chi connectivity index (χ3n) is 5.03. The summed E-state index contributed by atoms with van der Waals surface area (Å²) < 4.78 is 30.2. The minimum atomic E-state index is -3.81. The number of sulfonamides is 1. The lowest BCUT2D eigenvalue weighted by molar-refractivity contribution is 0.601. The third-order valence-corrected chi connectivity index (χ3v) is 6.64. The molecule has 0 fully saturated rings. The van der Waals surface area contributed by atoms with Gasteiger partial charge in [-0.15, -0.1) is 5.10 Å². The molecule has 1 N–H and O–H groups in total. The summed E-state index contributed by atoms with van der Waals surface area (Å²) in [5.41, 5.74) is 2.98. The van der Waals surface area contributed by atoms with E-state index >= 15 is 0 Å². The number of hydrogen-bond acceptors (Lipinski definition) is 5. The van der Waals surface area contributed by atoms with Crippen molar-refractivity contribution in [1.29, 1.82) is 0 Å². The van der Waals surface area contributed by atoms with Gasteiger partial charge in [-0.3, -0.25) is 4.72 Å². The van der Waals surface area contributed by atoms with Crippen molar-refractivity contribution in [3.63, 3.8) is 0 Å². The van der Waals surface area contributed by atoms with Gasteiger partial charge in [0.05, 0.1) is 16.3 Å². The lowest BCUT2D eigenvalue weighted by Crippen LogP contribution is -2.15. The summed E-state index contributed by atoms with van der Waals surface area (Å²) in [5.74, 6) is 0.367. The van der Waals surface area contributed by atoms with Crippen molar-refractivity contribution in [1.82, 2.24) is 20.0 Å². The van der Waals surface area contributed by atoms with Crippen LogP contribution in [0.3, 0.4) is 0 Å². The molecule has 1 unspecified atom stereocenters. The second kappa shape index (κ2) is 8.04. The van der Waals surface area contributed by atoms with Crippen LogP contribution in [0.15, 0.2) is 65.7 Å². The number of nitrogens with zero attached hydrogens (tertiary/aromatic N) is 4. The van der Waals surface area contributed by atoms with Gasteiger partial charge in [0.15, 0.2) is 0 Å². The Morgan fingerprint density at radius 1 is 1.13 bits per heavy atom. The number of anilines is 1. The highest BCUT2D eigenvalue weighted by Crippen LogP contribution is 2.29. The van der Waals surface area contributed by atoms with E-state index in [0.717, 1.165) is 12.0 Å². The molecule has 2 aromatic carbocycles. The van der Waals surface area contributed by atoms with Crippen LogP contribution in [0.25, 0.3) is 16.9 Å². The van der Waals surface area contributed by atoms with Crippen molar-refractivity contribution in [3.05, 3.63) is 71.4 Å². The van der Waals surface area contributed by atoms with Crippen LogP contribution in [-0.2, 0) is 10.0 Å². The van der Waals surface area contributed by atoms with Crippen LogP contribution in [0.5, 0.6) is 0 Å². The Hall–Kier alpha value is -2.97. The number of benzene rings is 2. The quantitative estimate of drug-likeness (QED) is 0.465. The molecule has 2 heterocycles. The Morgan fingerprint density at radius 3 is 2.63 bits per heavy atom. The molecular formula is C21H20ClN5O2S. The van der Waals surface area contributed by atoms with Crippen LogP contribution >= 0.6 is 11.6 Å². The van der Waals surface area contributed by atoms with Crippen LogP contribution in [0.2, 0.25) is 5.02 Å². The molecule has 154 valence electrons. The zero-order valence-corrected chi connectivity index (χ0v) is 18.0. The molecule has 7 nitrogen and oxygen atoms in total. The molecular weight excluding hydrogens is 422 g/mol. The van der Waals surface area contributed by atoms with Crippen molar-refractivity contribution in [2.75, 3.05) is 4.72 Å². The minimum absolute atomic E-state index is 0.181. The Kier molecular flexibility index (Phi) is 5.44. The van der Waals surface area contributed by atoms with E-state index in [1.807, 2.05) is 12.1 Å². The summed E-state index contributed by atoms with van der Waals surface area (Å²) in [7, 11) is -3.81. The van der Waals surface area contributed by atoms with E-state index in [4.69, 9.17) is 11.6 Å². The highest BCUT2D eigenvalue weighted by Gasteiger charge is 2.19.